The number of rotatable bonds is 13. The van der Waals surface area contributed by atoms with Gasteiger partial charge in [0.15, 0.2) is 21.3 Å². The van der Waals surface area contributed by atoms with E-state index in [-0.39, 0.29) is 47.6 Å². The minimum Gasteiger partial charge on any atom is -0.388 e. The molecule has 6 heterocycles. The molecule has 0 saturated carbocycles. The number of ketones is 1. The molecule has 90 heavy (non-hydrogen) atoms. The molecule has 0 bridgehead atoms. The highest BCUT2D eigenvalue weighted by Gasteiger charge is 2.56. The Labute approximate surface area is 571 Å². The highest BCUT2D eigenvalue weighted by atomic mass is 35.5. The third-order valence-electron chi connectivity index (χ3n) is 17.0. The predicted octanol–water partition coefficient (Wildman–Crippen LogP) is 19.7. The lowest BCUT2D eigenvalue weighted by atomic mass is 9.81. The molecule has 0 fully saturated rings. The first kappa shape index (κ1) is 67.7. The zero-order valence-electron chi connectivity index (χ0n) is 52.2. The number of allylic oxidation sites excluding steroid dienone is 4. The number of benzene rings is 6. The molecule has 470 valence electrons. The number of Topliss-reactive ketones (excluding diaryl/α,β-unsaturated/α-hetero) is 1. The largest absolute Gasteiger partial charge is 0.388 e. The molecule has 6 aromatic carbocycles. The van der Waals surface area contributed by atoms with Crippen LogP contribution in [0.1, 0.15) is 128 Å². The fourth-order valence-electron chi connectivity index (χ4n) is 12.7. The summed E-state index contributed by atoms with van der Waals surface area (Å²) in [5, 5.41) is 18.4. The van der Waals surface area contributed by atoms with Crippen LogP contribution in [0.3, 0.4) is 0 Å². The summed E-state index contributed by atoms with van der Waals surface area (Å²) >= 11 is 41.5. The fraction of sp³-hybridized carbons (Fsp3) is 0.329. The first-order valence-corrected chi connectivity index (χ1v) is 34.3. The highest BCUT2D eigenvalue weighted by molar-refractivity contribution is 8.18. The maximum absolute atomic E-state index is 13.1. The second-order valence-corrected chi connectivity index (χ2v) is 29.9. The average Bonchev–Trinajstić information content (AvgIpc) is 1.59. The average molecular weight is 1380 g/mol. The van der Waals surface area contributed by atoms with Gasteiger partial charge in [0.05, 0.1) is 36.2 Å². The summed E-state index contributed by atoms with van der Waals surface area (Å²) in [4.78, 5) is 55.4. The van der Waals surface area contributed by atoms with Gasteiger partial charge in [0.1, 0.15) is 21.5 Å². The minimum absolute atomic E-state index is 0.0444. The number of aliphatic hydroxyl groups excluding tert-OH is 1. The Morgan fingerprint density at radius 1 is 0.467 bits per heavy atom. The second-order valence-electron chi connectivity index (χ2n) is 24.3. The van der Waals surface area contributed by atoms with Crippen LogP contribution in [0, 0.1) is 17.8 Å². The van der Waals surface area contributed by atoms with Crippen molar-refractivity contribution < 1.29 is 19.5 Å². The molecule has 1 N–H and O–H groups in total. The summed E-state index contributed by atoms with van der Waals surface area (Å²) < 4.78 is 0. The van der Waals surface area contributed by atoms with Crippen LogP contribution in [0.2, 0.25) is 30.1 Å². The summed E-state index contributed by atoms with van der Waals surface area (Å²) in [5.74, 6) is 0.445. The van der Waals surface area contributed by atoms with Crippen LogP contribution in [0.25, 0.3) is 0 Å². The monoisotopic (exact) mass is 1380 g/mol. The van der Waals surface area contributed by atoms with Crippen molar-refractivity contribution in [2.45, 2.75) is 117 Å². The van der Waals surface area contributed by atoms with Gasteiger partial charge >= 0.3 is 0 Å². The highest BCUT2D eigenvalue weighted by Crippen LogP contribution is 2.60. The lowest BCUT2D eigenvalue weighted by molar-refractivity contribution is -0.163. The first-order valence-electron chi connectivity index (χ1n) is 29.6. The number of hydroxylamine groups is 2. The normalized spacial score (nSPS) is 23.6. The topological polar surface area (TPSA) is 114 Å². The van der Waals surface area contributed by atoms with Crippen LogP contribution in [-0.2, 0) is 31.0 Å². The molecule has 11 nitrogen and oxygen atoms in total. The van der Waals surface area contributed by atoms with Crippen LogP contribution in [0.4, 0.5) is 0 Å². The van der Waals surface area contributed by atoms with Crippen molar-refractivity contribution in [3.05, 3.63) is 241 Å². The number of thioether (sulfide) groups is 3. The number of likely N-dealkylation sites (N-methyl/N-ethyl adjacent to an activating group) is 1. The van der Waals surface area contributed by atoms with E-state index in [2.05, 4.69) is 101 Å². The number of carbonyl (C=O) groups excluding carboxylic acids is 2. The smallest absolute Gasteiger partial charge is 0.285 e. The molecule has 6 aliphatic heterocycles. The molecule has 20 heteroatoms. The van der Waals surface area contributed by atoms with Crippen molar-refractivity contribution in [2.24, 2.45) is 32.7 Å². The molecule has 0 spiro atoms. The van der Waals surface area contributed by atoms with Crippen LogP contribution in [0.5, 0.6) is 0 Å². The number of hydrogen-bond donors (Lipinski definition) is 1. The molecule has 0 aliphatic carbocycles. The summed E-state index contributed by atoms with van der Waals surface area (Å²) in [5.41, 5.74) is 8.07. The van der Waals surface area contributed by atoms with Gasteiger partial charge in [-0.1, -0.05) is 196 Å². The lowest BCUT2D eigenvalue weighted by Crippen LogP contribution is -2.36. The van der Waals surface area contributed by atoms with Crippen molar-refractivity contribution in [2.75, 3.05) is 14.2 Å². The SMILES string of the molecule is CC(=O)C1=C(C(C)C)N2C(=NC(C)(c3ccc(Cl)cc3)C2c2ccc(Cl)cc2)S1.CC(C)C1=C(C(C)O)SC2=NC(C)(c3ccc(Cl)cc3)C(c3ccc(Cl)cc3)N21.CON(C)C(=O)C1=C(C(C)C)N2C(=NC(C)(c3ccc(Cl)cc3)C2c2ccc(Cl)cc2)S1. The second kappa shape index (κ2) is 27.0. The minimum atomic E-state index is -0.581. The van der Waals surface area contributed by atoms with E-state index in [4.69, 9.17) is 89.4 Å². The van der Waals surface area contributed by atoms with Gasteiger partial charge in [-0.25, -0.2) is 20.0 Å². The van der Waals surface area contributed by atoms with E-state index in [9.17, 15) is 14.7 Å². The van der Waals surface area contributed by atoms with Crippen LogP contribution >= 0.6 is 105 Å². The summed E-state index contributed by atoms with van der Waals surface area (Å²) in [6.07, 6.45) is -0.529. The lowest BCUT2D eigenvalue weighted by Gasteiger charge is -2.37. The molecule has 12 rings (SSSR count). The molecular formula is C70H71Cl6N7O4S3. The van der Waals surface area contributed by atoms with Crippen LogP contribution < -0.4 is 0 Å². The van der Waals surface area contributed by atoms with E-state index in [0.29, 0.717) is 35.0 Å². The van der Waals surface area contributed by atoms with E-state index in [1.165, 1.54) is 35.7 Å². The molecule has 6 aromatic rings. The van der Waals surface area contributed by atoms with Crippen LogP contribution in [-0.4, -0.2) is 72.3 Å². The van der Waals surface area contributed by atoms with Gasteiger partial charge in [-0.05, 0) is 182 Å². The molecule has 0 saturated heterocycles. The molecule has 7 unspecified atom stereocenters. The fourth-order valence-corrected chi connectivity index (χ4v) is 17.5. The molecule has 1 amide bonds. The first-order chi connectivity index (χ1) is 42.6. The van der Waals surface area contributed by atoms with Gasteiger partial charge in [-0.15, -0.1) is 0 Å². The van der Waals surface area contributed by atoms with E-state index in [1.807, 2.05) is 128 Å². The molecule has 7 atom stereocenters. The maximum Gasteiger partial charge on any atom is 0.285 e. The number of amidine groups is 3. The third-order valence-corrected chi connectivity index (χ3v) is 22.0. The van der Waals surface area contributed by atoms with Gasteiger partial charge in [-0.3, -0.25) is 14.4 Å². The quantitative estimate of drug-likeness (QED) is 0.112. The number of aliphatic imine (C=N–C) groups is 3. The Kier molecular flexibility index (Phi) is 20.3. The predicted molar refractivity (Wildman–Crippen MR) is 377 cm³/mol. The number of nitrogens with zero attached hydrogens (tertiary/aromatic N) is 7. The van der Waals surface area contributed by atoms with Gasteiger partial charge in [0.25, 0.3) is 5.91 Å². The molecular weight excluding hydrogens is 1310 g/mol. The number of fused-ring (bicyclic) bond motifs is 3. The number of aliphatic hydroxyl groups is 1. The van der Waals surface area contributed by atoms with Crippen molar-refractivity contribution in [3.8, 4) is 0 Å². The summed E-state index contributed by atoms with van der Waals surface area (Å²) in [6.45, 7) is 22.7. The zero-order chi connectivity index (χ0) is 65.1. The standard InChI is InChI=1S/C24H25Cl2N3O2S.C23H24Cl2N2OS.C23H22Cl2N2OS/c1-14(2)19-20(22(30)28(4)31-5)32-23-27-24(3,16-8-12-18(26)13-9-16)21(29(19)23)15-6-10-17(25)11-7-15;2*1-13(2)19-20(14(3)28)29-22-26-23(4,16-7-11-18(25)12-8-16)21(27(19)22)15-5-9-17(24)10-6-15/h6-14,21H,1-5H3;5-14,21,28H,1-4H3;5-13,21H,1-4H3. The Balaban J connectivity index is 0.000000149. The Morgan fingerprint density at radius 2 is 0.733 bits per heavy atom. The summed E-state index contributed by atoms with van der Waals surface area (Å²) in [6, 6.07) is 47.1. The van der Waals surface area contributed by atoms with Crippen molar-refractivity contribution >= 4 is 132 Å². The number of amides is 1. The maximum atomic E-state index is 13.1. The van der Waals surface area contributed by atoms with Gasteiger partial charge < -0.3 is 19.8 Å². The van der Waals surface area contributed by atoms with E-state index in [0.717, 1.165) is 75.8 Å². The van der Waals surface area contributed by atoms with E-state index < -0.39 is 22.7 Å². The summed E-state index contributed by atoms with van der Waals surface area (Å²) in [7, 11) is 3.10. The third kappa shape index (κ3) is 12.8. The number of carbonyl (C=O) groups is 2. The zero-order valence-corrected chi connectivity index (χ0v) is 59.2. The number of hydrogen-bond acceptors (Lipinski definition) is 13. The van der Waals surface area contributed by atoms with E-state index >= 15 is 0 Å². The number of halogens is 6. The van der Waals surface area contributed by atoms with Crippen molar-refractivity contribution in [3.63, 3.8) is 0 Å². The molecule has 6 aliphatic rings. The van der Waals surface area contributed by atoms with E-state index in [1.54, 1.807) is 25.7 Å². The van der Waals surface area contributed by atoms with Crippen molar-refractivity contribution in [1.82, 2.24) is 19.8 Å². The Morgan fingerprint density at radius 3 is 1.01 bits per heavy atom. The van der Waals surface area contributed by atoms with Gasteiger partial charge in [0, 0.05) is 59.2 Å². The van der Waals surface area contributed by atoms with Crippen molar-refractivity contribution in [1.29, 1.82) is 0 Å². The Bertz CT molecular complexity index is 3920. The molecule has 0 radical (unpaired) electrons. The Hall–Kier alpha value is -5.20. The molecule has 0 aromatic heterocycles. The van der Waals surface area contributed by atoms with Gasteiger partial charge in [0.2, 0.25) is 0 Å². The van der Waals surface area contributed by atoms with Gasteiger partial charge in [-0.2, -0.15) is 0 Å². The van der Waals surface area contributed by atoms with Crippen LogP contribution in [0.15, 0.2) is 192 Å².